The van der Waals surface area contributed by atoms with Gasteiger partial charge in [0.05, 0.1) is 5.69 Å². The number of phenols is 1. The summed E-state index contributed by atoms with van der Waals surface area (Å²) in [5.74, 6) is 0.427. The van der Waals surface area contributed by atoms with E-state index in [1.807, 2.05) is 29.1 Å². The van der Waals surface area contributed by atoms with E-state index in [0.29, 0.717) is 5.75 Å². The average Bonchev–Trinajstić information content (AvgIpc) is 2.79. The Labute approximate surface area is 125 Å². The molecule has 4 heteroatoms. The van der Waals surface area contributed by atoms with Crippen LogP contribution in [-0.4, -0.2) is 47.2 Å². The number of phenolic OH excluding ortho intramolecular Hbond substituents is 1. The highest BCUT2D eigenvalue weighted by Gasteiger charge is 2.21. The van der Waals surface area contributed by atoms with Gasteiger partial charge >= 0.3 is 0 Å². The van der Waals surface area contributed by atoms with Crippen molar-refractivity contribution < 1.29 is 5.11 Å². The Balaban J connectivity index is 2.75. The fourth-order valence-corrected chi connectivity index (χ4v) is 4.26. The van der Waals surface area contributed by atoms with E-state index in [4.69, 9.17) is 0 Å². The molecule has 112 valence electrons. The minimum Gasteiger partial charge on any atom is -0.505 e. The quantitative estimate of drug-likeness (QED) is 0.899. The van der Waals surface area contributed by atoms with Gasteiger partial charge in [-0.05, 0) is 66.7 Å². The van der Waals surface area contributed by atoms with Gasteiger partial charge in [0.2, 0.25) is 0 Å². The van der Waals surface area contributed by atoms with Crippen LogP contribution < -0.4 is 0 Å². The lowest BCUT2D eigenvalue weighted by atomic mass is 10.3. The SMILES string of the molecule is CS(C)(C)c1cc(-n2cccc2)c(O)c(S(C)(C)C)c1. The summed E-state index contributed by atoms with van der Waals surface area (Å²) in [6, 6.07) is 8.33. The molecular weight excluding hydrogens is 286 g/mol. The van der Waals surface area contributed by atoms with E-state index in [2.05, 4.69) is 49.7 Å². The van der Waals surface area contributed by atoms with E-state index in [-0.39, 0.29) is 0 Å². The Morgan fingerprint density at radius 1 is 0.850 bits per heavy atom. The fraction of sp³-hybridized carbons (Fsp3) is 0.375. The van der Waals surface area contributed by atoms with Gasteiger partial charge in [0.25, 0.3) is 0 Å². The minimum atomic E-state index is -0.980. The number of hydrogen-bond acceptors (Lipinski definition) is 1. The number of rotatable bonds is 3. The van der Waals surface area contributed by atoms with Crippen molar-refractivity contribution in [3.05, 3.63) is 36.7 Å². The van der Waals surface area contributed by atoms with Gasteiger partial charge in [-0.25, -0.2) is 20.1 Å². The number of aromatic nitrogens is 1. The Morgan fingerprint density at radius 3 is 1.85 bits per heavy atom. The van der Waals surface area contributed by atoms with Crippen LogP contribution in [0.1, 0.15) is 0 Å². The molecule has 1 aromatic carbocycles. The Morgan fingerprint density at radius 2 is 1.40 bits per heavy atom. The number of aromatic hydroxyl groups is 1. The van der Waals surface area contributed by atoms with Crippen LogP contribution in [0.3, 0.4) is 0 Å². The third-order valence-corrected chi connectivity index (χ3v) is 6.56. The normalized spacial score (nSPS) is 14.3. The summed E-state index contributed by atoms with van der Waals surface area (Å²) in [4.78, 5) is 2.44. The van der Waals surface area contributed by atoms with Crippen LogP contribution in [-0.2, 0) is 0 Å². The lowest BCUT2D eigenvalue weighted by Crippen LogP contribution is -2.02. The summed E-state index contributed by atoms with van der Waals surface area (Å²) < 4.78 is 2.00. The van der Waals surface area contributed by atoms with Crippen molar-refractivity contribution in [3.8, 4) is 11.4 Å². The molecule has 1 heterocycles. The predicted octanol–water partition coefficient (Wildman–Crippen LogP) is 4.29. The summed E-state index contributed by atoms with van der Waals surface area (Å²) in [7, 11) is -1.81. The maximum absolute atomic E-state index is 10.7. The first-order chi connectivity index (χ1) is 9.10. The largest absolute Gasteiger partial charge is 0.505 e. The van der Waals surface area contributed by atoms with Gasteiger partial charge in [-0.2, -0.15) is 0 Å². The van der Waals surface area contributed by atoms with Gasteiger partial charge in [-0.1, -0.05) is 0 Å². The van der Waals surface area contributed by atoms with E-state index in [1.165, 1.54) is 4.90 Å². The lowest BCUT2D eigenvalue weighted by Gasteiger charge is -2.33. The minimum absolute atomic E-state index is 0.427. The molecule has 2 aromatic rings. The lowest BCUT2D eigenvalue weighted by molar-refractivity contribution is 0.458. The molecule has 1 aromatic heterocycles. The highest BCUT2D eigenvalue weighted by molar-refractivity contribution is 8.32. The molecule has 2 rings (SSSR count). The van der Waals surface area contributed by atoms with Gasteiger partial charge in [0, 0.05) is 17.3 Å². The third-order valence-electron chi connectivity index (χ3n) is 3.28. The Kier molecular flexibility index (Phi) is 3.91. The van der Waals surface area contributed by atoms with Crippen molar-refractivity contribution in [2.75, 3.05) is 37.5 Å². The summed E-state index contributed by atoms with van der Waals surface area (Å²) in [5.41, 5.74) is 0.896. The Bertz CT molecular complexity index is 605. The zero-order valence-electron chi connectivity index (χ0n) is 13.2. The van der Waals surface area contributed by atoms with Crippen molar-refractivity contribution >= 4 is 20.1 Å². The van der Waals surface area contributed by atoms with E-state index in [9.17, 15) is 5.11 Å². The average molecular weight is 312 g/mol. The third kappa shape index (κ3) is 3.01. The summed E-state index contributed by atoms with van der Waals surface area (Å²) in [6.45, 7) is 0. The molecule has 0 spiro atoms. The molecule has 0 aliphatic heterocycles. The fourth-order valence-electron chi connectivity index (χ4n) is 2.08. The highest BCUT2D eigenvalue weighted by Crippen LogP contribution is 2.56. The van der Waals surface area contributed by atoms with Crippen molar-refractivity contribution in [1.29, 1.82) is 0 Å². The smallest absolute Gasteiger partial charge is 0.151 e. The molecule has 0 aliphatic rings. The second kappa shape index (κ2) is 5.08. The van der Waals surface area contributed by atoms with Gasteiger partial charge in [0.1, 0.15) is 0 Å². The first-order valence-electron chi connectivity index (χ1n) is 6.48. The highest BCUT2D eigenvalue weighted by atomic mass is 32.3. The van der Waals surface area contributed by atoms with Crippen molar-refractivity contribution in [1.82, 2.24) is 4.57 Å². The van der Waals surface area contributed by atoms with E-state index >= 15 is 0 Å². The molecule has 0 unspecified atom stereocenters. The van der Waals surface area contributed by atoms with E-state index in [0.717, 1.165) is 10.6 Å². The first kappa shape index (κ1) is 15.4. The zero-order chi connectivity index (χ0) is 15.1. The molecule has 0 saturated heterocycles. The molecule has 20 heavy (non-hydrogen) atoms. The summed E-state index contributed by atoms with van der Waals surface area (Å²) in [6.07, 6.45) is 17.5. The van der Waals surface area contributed by atoms with Crippen molar-refractivity contribution in [2.24, 2.45) is 0 Å². The van der Waals surface area contributed by atoms with Crippen LogP contribution in [0.5, 0.6) is 5.75 Å². The van der Waals surface area contributed by atoms with Crippen LogP contribution in [0.15, 0.2) is 46.5 Å². The maximum Gasteiger partial charge on any atom is 0.151 e. The monoisotopic (exact) mass is 311 g/mol. The Hall–Kier alpha value is -1.00. The maximum atomic E-state index is 10.7. The van der Waals surface area contributed by atoms with E-state index < -0.39 is 20.1 Å². The topological polar surface area (TPSA) is 25.2 Å². The van der Waals surface area contributed by atoms with E-state index in [1.54, 1.807) is 0 Å². The van der Waals surface area contributed by atoms with Crippen molar-refractivity contribution in [2.45, 2.75) is 9.79 Å². The van der Waals surface area contributed by atoms with Gasteiger partial charge in [0.15, 0.2) is 5.75 Å². The van der Waals surface area contributed by atoms with Crippen LogP contribution >= 0.6 is 20.1 Å². The first-order valence-corrected chi connectivity index (χ1v) is 12.2. The van der Waals surface area contributed by atoms with Crippen LogP contribution in [0.4, 0.5) is 0 Å². The molecule has 0 atom stereocenters. The molecule has 0 fully saturated rings. The molecule has 0 aliphatic carbocycles. The second-order valence-electron chi connectivity index (χ2n) is 6.55. The van der Waals surface area contributed by atoms with Crippen LogP contribution in [0, 0.1) is 0 Å². The molecule has 1 N–H and O–H groups in total. The molecule has 2 nitrogen and oxygen atoms in total. The summed E-state index contributed by atoms with van der Waals surface area (Å²) >= 11 is 0. The van der Waals surface area contributed by atoms with Crippen LogP contribution in [0.25, 0.3) is 5.69 Å². The summed E-state index contributed by atoms with van der Waals surface area (Å²) in [5, 5.41) is 10.7. The van der Waals surface area contributed by atoms with Crippen LogP contribution in [0.2, 0.25) is 0 Å². The molecule has 0 saturated carbocycles. The van der Waals surface area contributed by atoms with Gasteiger partial charge < -0.3 is 9.67 Å². The van der Waals surface area contributed by atoms with Gasteiger partial charge in [-0.3, -0.25) is 0 Å². The molecular formula is C16H25NOS2. The molecule has 0 amide bonds. The molecule has 0 radical (unpaired) electrons. The number of benzene rings is 1. The standard InChI is InChI=1S/C16H25NOS2/c1-19(2,3)13-11-14(17-9-7-8-10-17)16(18)15(12-13)20(4,5)6/h7-12,18H,1-6H3. The van der Waals surface area contributed by atoms with Gasteiger partial charge in [-0.15, -0.1) is 0 Å². The van der Waals surface area contributed by atoms with Crippen molar-refractivity contribution in [3.63, 3.8) is 0 Å². The number of nitrogens with zero attached hydrogens (tertiary/aromatic N) is 1. The predicted molar refractivity (Wildman–Crippen MR) is 94.7 cm³/mol. The second-order valence-corrected chi connectivity index (χ2v) is 14.8. The number of hydrogen-bond donors (Lipinski definition) is 1. The zero-order valence-corrected chi connectivity index (χ0v) is 14.8. The molecule has 0 bridgehead atoms.